The van der Waals surface area contributed by atoms with E-state index in [2.05, 4.69) is 26.1 Å². The molecule has 7 heteroatoms. The molecule has 0 aromatic heterocycles. The van der Waals surface area contributed by atoms with Crippen molar-refractivity contribution in [1.82, 2.24) is 10.2 Å². The Labute approximate surface area is 171 Å². The summed E-state index contributed by atoms with van der Waals surface area (Å²) in [7, 11) is 0. The molecule has 0 saturated carbocycles. The second kappa shape index (κ2) is 7.20. The van der Waals surface area contributed by atoms with E-state index >= 15 is 0 Å². The highest BCUT2D eigenvalue weighted by molar-refractivity contribution is 9.10. The quantitative estimate of drug-likeness (QED) is 0.764. The highest BCUT2D eigenvalue weighted by Crippen LogP contribution is 2.37. The molecule has 5 nitrogen and oxygen atoms in total. The number of hydrogen-bond donors (Lipinski definition) is 1. The average molecular weight is 446 g/mol. The van der Waals surface area contributed by atoms with Crippen LogP contribution in [0.15, 0.2) is 46.9 Å². The van der Waals surface area contributed by atoms with Crippen LogP contribution in [0.1, 0.15) is 40.5 Å². The smallest absolute Gasteiger partial charge is 0.255 e. The average Bonchev–Trinajstić information content (AvgIpc) is 2.69. The van der Waals surface area contributed by atoms with Gasteiger partial charge in [0.15, 0.2) is 0 Å². The summed E-state index contributed by atoms with van der Waals surface area (Å²) in [5.74, 6) is -0.559. The number of carbonyl (C=O) groups is 2. The van der Waals surface area contributed by atoms with E-state index in [1.165, 1.54) is 18.2 Å². The standard InChI is InChI=1S/C21H21BrFN3O2/c1-2-26-18-13-16(23)7-8-17(18)19(27)24-21(26)9-11-25(12-10-21)20(28)14-3-5-15(22)6-4-14/h3-8,13H,2,9-12H2,1H3,(H,24,27). The lowest BCUT2D eigenvalue weighted by atomic mass is 9.89. The van der Waals surface area contributed by atoms with Crippen LogP contribution in [0.25, 0.3) is 0 Å². The van der Waals surface area contributed by atoms with Gasteiger partial charge in [0.2, 0.25) is 0 Å². The Hall–Kier alpha value is -2.41. The Morgan fingerprint density at radius 3 is 2.50 bits per heavy atom. The van der Waals surface area contributed by atoms with Crippen molar-refractivity contribution < 1.29 is 14.0 Å². The molecule has 0 atom stereocenters. The molecule has 2 aromatic rings. The van der Waals surface area contributed by atoms with Crippen LogP contribution in [0.5, 0.6) is 0 Å². The number of anilines is 1. The largest absolute Gasteiger partial charge is 0.348 e. The Balaban J connectivity index is 1.56. The molecule has 1 saturated heterocycles. The molecular weight excluding hydrogens is 425 g/mol. The molecule has 1 fully saturated rings. The zero-order valence-corrected chi connectivity index (χ0v) is 17.1. The summed E-state index contributed by atoms with van der Waals surface area (Å²) in [5.41, 5.74) is 1.16. The molecule has 2 aliphatic heterocycles. The van der Waals surface area contributed by atoms with Crippen LogP contribution in [-0.2, 0) is 0 Å². The molecule has 4 rings (SSSR count). The topological polar surface area (TPSA) is 52.7 Å². The maximum atomic E-state index is 13.9. The van der Waals surface area contributed by atoms with E-state index in [4.69, 9.17) is 0 Å². The van der Waals surface area contributed by atoms with E-state index in [0.717, 1.165) is 4.47 Å². The van der Waals surface area contributed by atoms with Gasteiger partial charge in [0.05, 0.1) is 11.3 Å². The van der Waals surface area contributed by atoms with Crippen molar-refractivity contribution in [3.8, 4) is 0 Å². The SMILES string of the molecule is CCN1c2cc(F)ccc2C(=O)NC12CCN(C(=O)c1ccc(Br)cc1)CC2. The summed E-state index contributed by atoms with van der Waals surface area (Å²) >= 11 is 3.38. The Morgan fingerprint density at radius 1 is 1.18 bits per heavy atom. The van der Waals surface area contributed by atoms with Gasteiger partial charge >= 0.3 is 0 Å². The molecule has 1 spiro atoms. The van der Waals surface area contributed by atoms with Crippen molar-refractivity contribution in [2.75, 3.05) is 24.5 Å². The molecule has 0 unspecified atom stereocenters. The second-order valence-electron chi connectivity index (χ2n) is 7.19. The lowest BCUT2D eigenvalue weighted by Gasteiger charge is -2.52. The number of rotatable bonds is 2. The minimum Gasteiger partial charge on any atom is -0.348 e. The highest BCUT2D eigenvalue weighted by atomic mass is 79.9. The number of fused-ring (bicyclic) bond motifs is 1. The fourth-order valence-electron chi connectivity index (χ4n) is 4.22. The van der Waals surface area contributed by atoms with Crippen molar-refractivity contribution in [3.05, 3.63) is 63.9 Å². The van der Waals surface area contributed by atoms with Gasteiger partial charge in [-0.15, -0.1) is 0 Å². The number of likely N-dealkylation sites (tertiary alicyclic amines) is 1. The first-order valence-electron chi connectivity index (χ1n) is 9.38. The first kappa shape index (κ1) is 18.9. The summed E-state index contributed by atoms with van der Waals surface area (Å²) in [5, 5.41) is 3.14. The Morgan fingerprint density at radius 2 is 1.86 bits per heavy atom. The van der Waals surface area contributed by atoms with Gasteiger partial charge in [-0.25, -0.2) is 4.39 Å². The fourth-order valence-corrected chi connectivity index (χ4v) is 4.48. The lowest BCUT2D eigenvalue weighted by molar-refractivity contribution is 0.0603. The third-order valence-electron chi connectivity index (χ3n) is 5.64. The molecule has 0 bridgehead atoms. The zero-order valence-electron chi connectivity index (χ0n) is 15.5. The molecule has 0 aliphatic carbocycles. The normalized spacial score (nSPS) is 18.0. The predicted octanol–water partition coefficient (Wildman–Crippen LogP) is 3.79. The van der Waals surface area contributed by atoms with Gasteiger partial charge in [0.1, 0.15) is 11.5 Å². The fraction of sp³-hybridized carbons (Fsp3) is 0.333. The summed E-state index contributed by atoms with van der Waals surface area (Å²) in [4.78, 5) is 29.3. The number of nitrogens with zero attached hydrogens (tertiary/aromatic N) is 2. The number of piperidine rings is 1. The number of amides is 2. The van der Waals surface area contributed by atoms with Crippen LogP contribution in [0, 0.1) is 5.82 Å². The first-order valence-corrected chi connectivity index (χ1v) is 10.2. The molecule has 28 heavy (non-hydrogen) atoms. The summed E-state index contributed by atoms with van der Waals surface area (Å²) < 4.78 is 14.8. The molecule has 1 N–H and O–H groups in total. The maximum absolute atomic E-state index is 13.9. The van der Waals surface area contributed by atoms with Gasteiger partial charge < -0.3 is 15.1 Å². The van der Waals surface area contributed by atoms with E-state index in [1.54, 1.807) is 12.1 Å². The molecule has 2 amide bonds. The number of carbonyl (C=O) groups excluding carboxylic acids is 2. The van der Waals surface area contributed by atoms with Crippen LogP contribution in [0.3, 0.4) is 0 Å². The zero-order chi connectivity index (χ0) is 19.9. The van der Waals surface area contributed by atoms with Crippen LogP contribution in [0.2, 0.25) is 0 Å². The van der Waals surface area contributed by atoms with Gasteiger partial charge in [-0.2, -0.15) is 0 Å². The first-order chi connectivity index (χ1) is 13.4. The molecular formula is C21H21BrFN3O2. The van der Waals surface area contributed by atoms with Crippen molar-refractivity contribution in [2.45, 2.75) is 25.4 Å². The van der Waals surface area contributed by atoms with Gasteiger partial charge in [-0.05, 0) is 49.4 Å². The van der Waals surface area contributed by atoms with Crippen LogP contribution in [0.4, 0.5) is 10.1 Å². The predicted molar refractivity (Wildman–Crippen MR) is 109 cm³/mol. The maximum Gasteiger partial charge on any atom is 0.255 e. The Bertz CT molecular complexity index is 924. The van der Waals surface area contributed by atoms with Crippen molar-refractivity contribution in [3.63, 3.8) is 0 Å². The van der Waals surface area contributed by atoms with E-state index in [0.29, 0.717) is 49.3 Å². The molecule has 146 valence electrons. The van der Waals surface area contributed by atoms with E-state index in [1.807, 2.05) is 24.0 Å². The minimum absolute atomic E-state index is 0.0148. The van der Waals surface area contributed by atoms with E-state index in [-0.39, 0.29) is 17.6 Å². The van der Waals surface area contributed by atoms with Crippen molar-refractivity contribution in [1.29, 1.82) is 0 Å². The lowest BCUT2D eigenvalue weighted by Crippen LogP contribution is -2.68. The number of nitrogens with one attached hydrogen (secondary N) is 1. The summed E-state index contributed by atoms with van der Waals surface area (Å²) in [6, 6.07) is 11.6. The van der Waals surface area contributed by atoms with Gasteiger partial charge in [0.25, 0.3) is 11.8 Å². The van der Waals surface area contributed by atoms with Crippen LogP contribution in [-0.4, -0.2) is 42.0 Å². The minimum atomic E-state index is -0.594. The van der Waals surface area contributed by atoms with Crippen molar-refractivity contribution in [2.24, 2.45) is 0 Å². The summed E-state index contributed by atoms with van der Waals surface area (Å²) in [6.45, 7) is 3.68. The van der Waals surface area contributed by atoms with Gasteiger partial charge in [0, 0.05) is 42.5 Å². The third kappa shape index (κ3) is 3.17. The van der Waals surface area contributed by atoms with Crippen molar-refractivity contribution >= 4 is 33.4 Å². The summed E-state index contributed by atoms with van der Waals surface area (Å²) in [6.07, 6.45) is 1.18. The van der Waals surface area contributed by atoms with Gasteiger partial charge in [-0.1, -0.05) is 15.9 Å². The number of hydrogen-bond acceptors (Lipinski definition) is 3. The molecule has 2 heterocycles. The highest BCUT2D eigenvalue weighted by Gasteiger charge is 2.45. The number of benzene rings is 2. The van der Waals surface area contributed by atoms with Crippen LogP contribution < -0.4 is 10.2 Å². The molecule has 2 aromatic carbocycles. The van der Waals surface area contributed by atoms with Crippen LogP contribution >= 0.6 is 15.9 Å². The number of halogens is 2. The molecule has 0 radical (unpaired) electrons. The third-order valence-corrected chi connectivity index (χ3v) is 6.17. The second-order valence-corrected chi connectivity index (χ2v) is 8.11. The monoisotopic (exact) mass is 445 g/mol. The molecule has 2 aliphatic rings. The van der Waals surface area contributed by atoms with Gasteiger partial charge in [-0.3, -0.25) is 9.59 Å². The Kier molecular flexibility index (Phi) is 4.87. The van der Waals surface area contributed by atoms with E-state index in [9.17, 15) is 14.0 Å². The van der Waals surface area contributed by atoms with E-state index < -0.39 is 5.66 Å².